The average Bonchev–Trinajstić information content (AvgIpc) is 2.68. The van der Waals surface area contributed by atoms with Gasteiger partial charge >= 0.3 is 0 Å². The first kappa shape index (κ1) is 12.8. The summed E-state index contributed by atoms with van der Waals surface area (Å²) in [4.78, 5) is 15.9. The largest absolute Gasteiger partial charge is 0.480 e. The van der Waals surface area contributed by atoms with Crippen LogP contribution < -0.4 is 10.1 Å². The molecule has 1 aliphatic heterocycles. The van der Waals surface area contributed by atoms with Crippen molar-refractivity contribution in [3.8, 4) is 5.88 Å². The minimum atomic E-state index is -3.00. The van der Waals surface area contributed by atoms with Gasteiger partial charge < -0.3 is 10.1 Å². The molecule has 1 aromatic rings. The molecule has 2 rings (SSSR count). The zero-order chi connectivity index (χ0) is 13.2. The Bertz CT molecular complexity index is 556. The predicted molar refractivity (Wildman–Crippen MR) is 65.3 cm³/mol. The van der Waals surface area contributed by atoms with Crippen LogP contribution in [0, 0.1) is 0 Å². The van der Waals surface area contributed by atoms with Crippen molar-refractivity contribution in [1.82, 2.24) is 10.3 Å². The molecule has 98 valence electrons. The quantitative estimate of drug-likeness (QED) is 0.836. The summed E-state index contributed by atoms with van der Waals surface area (Å²) in [6, 6.07) is 2.89. The molecule has 0 bridgehead atoms. The van der Waals surface area contributed by atoms with Crippen LogP contribution in [-0.4, -0.2) is 44.0 Å². The molecule has 2 heterocycles. The second-order valence-electron chi connectivity index (χ2n) is 4.13. The Hall–Kier alpha value is -1.63. The fraction of sp³-hybridized carbons (Fsp3) is 0.455. The number of carbonyl (C=O) groups excluding carboxylic acids is 1. The van der Waals surface area contributed by atoms with E-state index in [1.54, 1.807) is 12.1 Å². The average molecular weight is 270 g/mol. The number of ether oxygens (including phenoxy) is 1. The Labute approximate surface area is 105 Å². The van der Waals surface area contributed by atoms with E-state index in [2.05, 4.69) is 10.3 Å². The summed E-state index contributed by atoms with van der Waals surface area (Å²) in [6.07, 6.45) is 1.98. The van der Waals surface area contributed by atoms with Crippen LogP contribution in [0.25, 0.3) is 0 Å². The topological polar surface area (TPSA) is 85.4 Å². The van der Waals surface area contributed by atoms with Gasteiger partial charge in [0.1, 0.15) is 5.56 Å². The molecular formula is C11H14N2O4S. The van der Waals surface area contributed by atoms with Gasteiger partial charge in [0.25, 0.3) is 5.91 Å². The van der Waals surface area contributed by atoms with Crippen LogP contribution in [-0.2, 0) is 9.84 Å². The van der Waals surface area contributed by atoms with Gasteiger partial charge in [-0.15, -0.1) is 0 Å². The second-order valence-corrected chi connectivity index (χ2v) is 6.36. The van der Waals surface area contributed by atoms with Crippen molar-refractivity contribution in [2.75, 3.05) is 18.6 Å². The van der Waals surface area contributed by atoms with Gasteiger partial charge in [0.15, 0.2) is 9.84 Å². The number of hydrogen-bond acceptors (Lipinski definition) is 5. The molecule has 0 saturated carbocycles. The molecule has 0 spiro atoms. The van der Waals surface area contributed by atoms with Gasteiger partial charge in [-0.25, -0.2) is 13.4 Å². The standard InChI is InChI=1S/C11H14N2O4S/c1-17-11-9(3-2-5-12-11)10(14)13-8-4-6-18(15,16)7-8/h2-3,5,8H,4,6-7H2,1H3,(H,13,14)/t8-/m0/s1. The van der Waals surface area contributed by atoms with E-state index in [1.165, 1.54) is 13.3 Å². The summed E-state index contributed by atoms with van der Waals surface area (Å²) in [6.45, 7) is 0. The van der Waals surface area contributed by atoms with E-state index in [0.717, 1.165) is 0 Å². The molecule has 1 amide bonds. The van der Waals surface area contributed by atoms with Crippen molar-refractivity contribution in [2.24, 2.45) is 0 Å². The maximum absolute atomic E-state index is 12.0. The Morgan fingerprint density at radius 3 is 2.94 bits per heavy atom. The van der Waals surface area contributed by atoms with Crippen molar-refractivity contribution in [1.29, 1.82) is 0 Å². The summed E-state index contributed by atoms with van der Waals surface area (Å²) in [5.74, 6) is 0.00147. The van der Waals surface area contributed by atoms with E-state index in [1.807, 2.05) is 0 Å². The summed E-state index contributed by atoms with van der Waals surface area (Å²) in [7, 11) is -1.57. The minimum absolute atomic E-state index is 0.00131. The van der Waals surface area contributed by atoms with Gasteiger partial charge in [-0.1, -0.05) is 0 Å². The molecule has 7 heteroatoms. The summed E-state index contributed by atoms with van der Waals surface area (Å²) in [5, 5.41) is 2.69. The summed E-state index contributed by atoms with van der Waals surface area (Å²) >= 11 is 0. The first-order valence-electron chi connectivity index (χ1n) is 5.52. The number of rotatable bonds is 3. The zero-order valence-electron chi connectivity index (χ0n) is 9.92. The molecule has 6 nitrogen and oxygen atoms in total. The van der Waals surface area contributed by atoms with Crippen molar-refractivity contribution < 1.29 is 17.9 Å². The smallest absolute Gasteiger partial charge is 0.257 e. The number of hydrogen-bond donors (Lipinski definition) is 1. The fourth-order valence-corrected chi connectivity index (χ4v) is 3.57. The normalized spacial score (nSPS) is 21.5. The van der Waals surface area contributed by atoms with E-state index in [4.69, 9.17) is 4.74 Å². The van der Waals surface area contributed by atoms with E-state index < -0.39 is 9.84 Å². The number of aromatic nitrogens is 1. The number of nitrogens with one attached hydrogen (secondary N) is 1. The molecule has 1 N–H and O–H groups in total. The van der Waals surface area contributed by atoms with Gasteiger partial charge in [0.2, 0.25) is 5.88 Å². The van der Waals surface area contributed by atoms with Gasteiger partial charge in [-0.2, -0.15) is 0 Å². The predicted octanol–water partition coefficient (Wildman–Crippen LogP) is 0.00710. The Kier molecular flexibility index (Phi) is 3.51. The maximum Gasteiger partial charge on any atom is 0.257 e. The molecule has 0 unspecified atom stereocenters. The van der Waals surface area contributed by atoms with Crippen LogP contribution >= 0.6 is 0 Å². The van der Waals surface area contributed by atoms with Gasteiger partial charge in [0, 0.05) is 12.2 Å². The zero-order valence-corrected chi connectivity index (χ0v) is 10.7. The van der Waals surface area contributed by atoms with E-state index in [0.29, 0.717) is 12.0 Å². The molecule has 1 saturated heterocycles. The molecular weight excluding hydrogens is 256 g/mol. The van der Waals surface area contributed by atoms with E-state index in [9.17, 15) is 13.2 Å². The van der Waals surface area contributed by atoms with Crippen molar-refractivity contribution in [3.63, 3.8) is 0 Å². The maximum atomic E-state index is 12.0. The highest BCUT2D eigenvalue weighted by atomic mass is 32.2. The third-order valence-electron chi connectivity index (χ3n) is 2.78. The highest BCUT2D eigenvalue weighted by molar-refractivity contribution is 7.91. The van der Waals surface area contributed by atoms with Gasteiger partial charge in [0.05, 0.1) is 18.6 Å². The lowest BCUT2D eigenvalue weighted by molar-refractivity contribution is 0.0937. The summed E-state index contributed by atoms with van der Waals surface area (Å²) in [5.41, 5.74) is 0.310. The molecule has 1 aromatic heterocycles. The molecule has 0 aromatic carbocycles. The third-order valence-corrected chi connectivity index (χ3v) is 4.54. The van der Waals surface area contributed by atoms with Crippen LogP contribution in [0.15, 0.2) is 18.3 Å². The molecule has 1 atom stereocenters. The van der Waals surface area contributed by atoms with E-state index in [-0.39, 0.29) is 29.3 Å². The number of amides is 1. The highest BCUT2D eigenvalue weighted by Crippen LogP contribution is 2.16. The van der Waals surface area contributed by atoms with Gasteiger partial charge in [-0.05, 0) is 18.6 Å². The van der Waals surface area contributed by atoms with E-state index >= 15 is 0 Å². The Morgan fingerprint density at radius 1 is 1.56 bits per heavy atom. The molecule has 0 aliphatic carbocycles. The Balaban J connectivity index is 2.09. The Morgan fingerprint density at radius 2 is 2.33 bits per heavy atom. The summed E-state index contributed by atoms with van der Waals surface area (Å²) < 4.78 is 27.6. The third kappa shape index (κ3) is 2.79. The first-order chi connectivity index (χ1) is 8.52. The monoisotopic (exact) mass is 270 g/mol. The lowest BCUT2D eigenvalue weighted by Crippen LogP contribution is -2.35. The number of methoxy groups -OCH3 is 1. The van der Waals surface area contributed by atoms with Crippen LogP contribution in [0.5, 0.6) is 5.88 Å². The minimum Gasteiger partial charge on any atom is -0.480 e. The van der Waals surface area contributed by atoms with Crippen molar-refractivity contribution in [2.45, 2.75) is 12.5 Å². The van der Waals surface area contributed by atoms with Crippen molar-refractivity contribution in [3.05, 3.63) is 23.9 Å². The second kappa shape index (κ2) is 4.93. The van der Waals surface area contributed by atoms with Crippen LogP contribution in [0.1, 0.15) is 16.8 Å². The number of nitrogens with zero attached hydrogens (tertiary/aromatic N) is 1. The molecule has 0 radical (unpaired) electrons. The molecule has 1 fully saturated rings. The number of sulfone groups is 1. The van der Waals surface area contributed by atoms with Crippen LogP contribution in [0.2, 0.25) is 0 Å². The molecule has 18 heavy (non-hydrogen) atoms. The van der Waals surface area contributed by atoms with Crippen LogP contribution in [0.4, 0.5) is 0 Å². The lowest BCUT2D eigenvalue weighted by Gasteiger charge is -2.12. The van der Waals surface area contributed by atoms with Gasteiger partial charge in [-0.3, -0.25) is 4.79 Å². The first-order valence-corrected chi connectivity index (χ1v) is 7.34. The fourth-order valence-electron chi connectivity index (χ4n) is 1.90. The van der Waals surface area contributed by atoms with Crippen molar-refractivity contribution >= 4 is 15.7 Å². The lowest BCUT2D eigenvalue weighted by atomic mass is 10.2. The highest BCUT2D eigenvalue weighted by Gasteiger charge is 2.29. The number of carbonyl (C=O) groups is 1. The number of pyridine rings is 1. The SMILES string of the molecule is COc1ncccc1C(=O)N[C@H]1CCS(=O)(=O)C1. The molecule has 1 aliphatic rings. The van der Waals surface area contributed by atoms with Crippen LogP contribution in [0.3, 0.4) is 0 Å².